The molecule has 1 aromatic heterocycles. The maximum Gasteiger partial charge on any atom is 0.264 e. The average molecular weight is 426 g/mol. The van der Waals surface area contributed by atoms with Crippen LogP contribution in [0, 0.1) is 5.82 Å². The van der Waals surface area contributed by atoms with E-state index in [4.69, 9.17) is 9.94 Å². The number of ether oxygens (including phenoxy) is 1. The normalized spacial score (nSPS) is 13.7. The molecule has 2 rings (SSSR count). The number of sulfone groups is 1. The van der Waals surface area contributed by atoms with Crippen LogP contribution in [-0.4, -0.2) is 42.2 Å². The monoisotopic (exact) mass is 426 g/mol. The molecule has 10 heteroatoms. The Kier molecular flexibility index (Phi) is 6.93. The Morgan fingerprint density at radius 2 is 2.03 bits per heavy atom. The van der Waals surface area contributed by atoms with E-state index in [0.717, 1.165) is 35.6 Å². The van der Waals surface area contributed by atoms with E-state index in [-0.39, 0.29) is 18.5 Å². The first-order valence-corrected chi connectivity index (χ1v) is 10.5. The van der Waals surface area contributed by atoms with Gasteiger partial charge in [-0.25, -0.2) is 18.3 Å². The predicted octanol–water partition coefficient (Wildman–Crippen LogP) is 1.50. The molecule has 0 radical (unpaired) electrons. The van der Waals surface area contributed by atoms with E-state index in [2.05, 4.69) is 0 Å². The molecule has 0 saturated heterocycles. The van der Waals surface area contributed by atoms with Crippen molar-refractivity contribution < 1.29 is 27.5 Å². The molecule has 2 N–H and O–H groups in total. The molecule has 0 spiro atoms. The smallest absolute Gasteiger partial charge is 0.264 e. The molecular formula is C19H23FN2O6S. The van der Waals surface area contributed by atoms with Crippen LogP contribution in [0.4, 0.5) is 4.39 Å². The largest absolute Gasteiger partial charge is 0.380 e. The maximum absolute atomic E-state index is 14.7. The molecular weight excluding hydrogens is 403 g/mol. The average Bonchev–Trinajstić information content (AvgIpc) is 2.67. The number of benzene rings is 1. The van der Waals surface area contributed by atoms with Crippen LogP contribution in [0.3, 0.4) is 0 Å². The van der Waals surface area contributed by atoms with Gasteiger partial charge in [-0.3, -0.25) is 14.8 Å². The zero-order chi connectivity index (χ0) is 21.8. The summed E-state index contributed by atoms with van der Waals surface area (Å²) in [5.41, 5.74) is 2.19. The van der Waals surface area contributed by atoms with E-state index in [1.165, 1.54) is 12.6 Å². The number of nitrogens with zero attached hydrogens (tertiary/aromatic N) is 1. The fraction of sp³-hybridized carbons (Fsp3) is 0.368. The highest BCUT2D eigenvalue weighted by molar-refractivity contribution is 7.92. The van der Waals surface area contributed by atoms with Crippen LogP contribution in [0.15, 0.2) is 41.3 Å². The maximum atomic E-state index is 14.7. The number of hydrogen-bond acceptors (Lipinski definition) is 6. The number of aryl methyl sites for hydroxylation is 1. The third-order valence-electron chi connectivity index (χ3n) is 4.86. The first kappa shape index (κ1) is 22.7. The number of amides is 1. The van der Waals surface area contributed by atoms with Gasteiger partial charge in [0, 0.05) is 37.7 Å². The Hall–Kier alpha value is -2.56. The van der Waals surface area contributed by atoms with Crippen LogP contribution < -0.4 is 11.0 Å². The summed E-state index contributed by atoms with van der Waals surface area (Å²) >= 11 is 0. The summed E-state index contributed by atoms with van der Waals surface area (Å²) < 4.78 is 42.8. The number of hydroxylamine groups is 1. The van der Waals surface area contributed by atoms with Gasteiger partial charge in [0.25, 0.3) is 11.5 Å². The number of halogens is 1. The lowest BCUT2D eigenvalue weighted by Crippen LogP contribution is -2.50. The Bertz CT molecular complexity index is 1070. The number of pyridine rings is 1. The lowest BCUT2D eigenvalue weighted by Gasteiger charge is -2.25. The van der Waals surface area contributed by atoms with Crippen LogP contribution in [-0.2, 0) is 32.5 Å². The highest BCUT2D eigenvalue weighted by atomic mass is 32.2. The first-order chi connectivity index (χ1) is 13.5. The minimum atomic E-state index is -3.92. The standard InChI is InChI=1S/C19H23FN2O6S/c1-19(18(24)21-25,29(3,26)27)7-8-22-11-16(20)15(10-17(22)23)14-6-4-5-13(9-14)12-28-2/h4-6,9-11,25H,7-8,12H2,1-3H3,(H,21,24). The first-order valence-electron chi connectivity index (χ1n) is 8.66. The van der Waals surface area contributed by atoms with Crippen molar-refractivity contribution >= 4 is 15.7 Å². The second-order valence-electron chi connectivity index (χ2n) is 6.89. The highest BCUT2D eigenvalue weighted by Crippen LogP contribution is 2.24. The summed E-state index contributed by atoms with van der Waals surface area (Å²) in [5, 5.41) is 8.85. The molecule has 2 aromatic rings. The van der Waals surface area contributed by atoms with E-state index < -0.39 is 31.9 Å². The minimum Gasteiger partial charge on any atom is -0.380 e. The van der Waals surface area contributed by atoms with Gasteiger partial charge in [-0.2, -0.15) is 0 Å². The van der Waals surface area contributed by atoms with Crippen molar-refractivity contribution in [2.24, 2.45) is 0 Å². The molecule has 0 aliphatic rings. The van der Waals surface area contributed by atoms with E-state index in [1.807, 2.05) is 6.07 Å². The molecule has 1 unspecified atom stereocenters. The van der Waals surface area contributed by atoms with Crippen molar-refractivity contribution in [3.05, 3.63) is 58.3 Å². The van der Waals surface area contributed by atoms with Gasteiger partial charge in [0.2, 0.25) is 0 Å². The summed E-state index contributed by atoms with van der Waals surface area (Å²) in [6.45, 7) is 1.23. The van der Waals surface area contributed by atoms with Crippen LogP contribution >= 0.6 is 0 Å². The number of hydrogen-bond donors (Lipinski definition) is 2. The van der Waals surface area contributed by atoms with Gasteiger partial charge < -0.3 is 9.30 Å². The summed E-state index contributed by atoms with van der Waals surface area (Å²) in [5.74, 6) is -1.80. The number of nitrogens with one attached hydrogen (secondary N) is 1. The fourth-order valence-electron chi connectivity index (χ4n) is 2.86. The second kappa shape index (κ2) is 8.85. The summed E-state index contributed by atoms with van der Waals surface area (Å²) in [4.78, 5) is 24.3. The quantitative estimate of drug-likeness (QED) is 0.488. The molecule has 0 saturated carbocycles. The Balaban J connectivity index is 2.36. The van der Waals surface area contributed by atoms with Crippen LogP contribution in [0.25, 0.3) is 11.1 Å². The zero-order valence-corrected chi connectivity index (χ0v) is 17.1. The van der Waals surface area contributed by atoms with E-state index in [9.17, 15) is 22.4 Å². The van der Waals surface area contributed by atoms with Gasteiger partial charge in [0.05, 0.1) is 6.61 Å². The summed E-state index contributed by atoms with van der Waals surface area (Å²) in [6, 6.07) is 8.01. The van der Waals surface area contributed by atoms with Crippen molar-refractivity contribution in [3.63, 3.8) is 0 Å². The molecule has 29 heavy (non-hydrogen) atoms. The molecule has 8 nitrogen and oxygen atoms in total. The highest BCUT2D eigenvalue weighted by Gasteiger charge is 2.43. The number of aromatic nitrogens is 1. The van der Waals surface area contributed by atoms with Crippen molar-refractivity contribution in [2.45, 2.75) is 31.2 Å². The molecule has 1 atom stereocenters. The lowest BCUT2D eigenvalue weighted by molar-refractivity contribution is -0.131. The van der Waals surface area contributed by atoms with Crippen LogP contribution in [0.5, 0.6) is 0 Å². The molecule has 158 valence electrons. The van der Waals surface area contributed by atoms with Gasteiger partial charge in [0.15, 0.2) is 14.6 Å². The van der Waals surface area contributed by atoms with Crippen molar-refractivity contribution in [1.29, 1.82) is 0 Å². The second-order valence-corrected chi connectivity index (χ2v) is 9.34. The van der Waals surface area contributed by atoms with E-state index in [0.29, 0.717) is 12.2 Å². The van der Waals surface area contributed by atoms with Crippen molar-refractivity contribution in [3.8, 4) is 11.1 Å². The van der Waals surface area contributed by atoms with Crippen molar-refractivity contribution in [1.82, 2.24) is 10.0 Å². The third kappa shape index (κ3) is 4.89. The molecule has 0 aliphatic heterocycles. The SMILES string of the molecule is COCc1cccc(-c2cc(=O)n(CCC(C)(C(=O)NO)S(C)(=O)=O)cc2F)c1. The van der Waals surface area contributed by atoms with Gasteiger partial charge >= 0.3 is 0 Å². The van der Waals surface area contributed by atoms with Gasteiger partial charge in [0.1, 0.15) is 5.82 Å². The van der Waals surface area contributed by atoms with Gasteiger partial charge in [-0.05, 0) is 30.5 Å². The molecule has 1 aromatic carbocycles. The molecule has 1 heterocycles. The zero-order valence-electron chi connectivity index (χ0n) is 16.3. The molecule has 0 bridgehead atoms. The number of carbonyl (C=O) groups is 1. The van der Waals surface area contributed by atoms with E-state index in [1.54, 1.807) is 18.2 Å². The Labute approximate surface area is 167 Å². The third-order valence-corrected chi connectivity index (χ3v) is 6.88. The van der Waals surface area contributed by atoms with Crippen LogP contribution in [0.2, 0.25) is 0 Å². The molecule has 0 fully saturated rings. The van der Waals surface area contributed by atoms with Crippen molar-refractivity contribution in [2.75, 3.05) is 13.4 Å². The fourth-order valence-corrected chi connectivity index (χ4v) is 3.70. The lowest BCUT2D eigenvalue weighted by atomic mass is 10.0. The topological polar surface area (TPSA) is 115 Å². The predicted molar refractivity (Wildman–Crippen MR) is 105 cm³/mol. The number of methoxy groups -OCH3 is 1. The molecule has 1 amide bonds. The molecule has 0 aliphatic carbocycles. The van der Waals surface area contributed by atoms with Gasteiger partial charge in [-0.15, -0.1) is 0 Å². The number of rotatable bonds is 8. The van der Waals surface area contributed by atoms with Gasteiger partial charge in [-0.1, -0.05) is 18.2 Å². The van der Waals surface area contributed by atoms with E-state index >= 15 is 0 Å². The van der Waals surface area contributed by atoms with Crippen LogP contribution in [0.1, 0.15) is 18.9 Å². The summed E-state index contributed by atoms with van der Waals surface area (Å²) in [7, 11) is -2.39. The minimum absolute atomic E-state index is 0.100. The summed E-state index contributed by atoms with van der Waals surface area (Å²) in [6.07, 6.45) is 1.49. The number of carbonyl (C=O) groups excluding carboxylic acids is 1. The Morgan fingerprint density at radius 3 is 2.62 bits per heavy atom. The Morgan fingerprint density at radius 1 is 1.34 bits per heavy atom.